The number of aromatic nitrogens is 2. The normalized spacial score (nSPS) is 16.4. The first-order valence-electron chi connectivity index (χ1n) is 8.01. The van der Waals surface area contributed by atoms with Gasteiger partial charge in [-0.3, -0.25) is 4.99 Å². The van der Waals surface area contributed by atoms with Gasteiger partial charge in [0.05, 0.1) is 0 Å². The van der Waals surface area contributed by atoms with Crippen molar-refractivity contribution in [3.8, 4) is 0 Å². The zero-order valence-corrected chi connectivity index (χ0v) is 13.2. The zero-order valence-electron chi connectivity index (χ0n) is 13.2. The van der Waals surface area contributed by atoms with Gasteiger partial charge in [-0.25, -0.2) is 0 Å². The lowest BCUT2D eigenvalue weighted by atomic mass is 10.0. The van der Waals surface area contributed by atoms with Crippen LogP contribution >= 0.6 is 0 Å². The smallest absolute Gasteiger partial charge is 0.228 e. The van der Waals surface area contributed by atoms with Crippen molar-refractivity contribution in [2.45, 2.75) is 51.9 Å². The Morgan fingerprint density at radius 2 is 2.05 bits per heavy atom. The molecule has 0 aromatic carbocycles. The monoisotopic (exact) mass is 293 g/mol. The number of rotatable bonds is 7. The third-order valence-corrected chi connectivity index (χ3v) is 3.98. The number of nitrogens with one attached hydrogen (secondary N) is 2. The quantitative estimate of drug-likeness (QED) is 0.457. The molecule has 0 unspecified atom stereocenters. The molecule has 0 radical (unpaired) electrons. The summed E-state index contributed by atoms with van der Waals surface area (Å²) in [4.78, 5) is 8.40. The fourth-order valence-electron chi connectivity index (χ4n) is 2.85. The fraction of sp³-hybridized carbons (Fsp3) is 0.800. The Labute approximate surface area is 126 Å². The van der Waals surface area contributed by atoms with E-state index < -0.39 is 0 Å². The molecule has 2 N–H and O–H groups in total. The van der Waals surface area contributed by atoms with Crippen LogP contribution in [0.15, 0.2) is 9.52 Å². The maximum Gasteiger partial charge on any atom is 0.228 e. The highest BCUT2D eigenvalue weighted by Crippen LogP contribution is 2.28. The van der Waals surface area contributed by atoms with E-state index in [2.05, 4.69) is 25.8 Å². The van der Waals surface area contributed by atoms with E-state index in [-0.39, 0.29) is 0 Å². The van der Waals surface area contributed by atoms with Gasteiger partial charge in [-0.15, -0.1) is 0 Å². The summed E-state index contributed by atoms with van der Waals surface area (Å²) in [5.74, 6) is 3.15. The first kappa shape index (κ1) is 15.8. The van der Waals surface area contributed by atoms with Gasteiger partial charge in [0.15, 0.2) is 11.8 Å². The standard InChI is InChI=1S/C15H27N5O/c1-12-19-14(21-20-12)9-11-18-15(16-2)17-10-5-8-13-6-3-4-7-13/h13H,3-11H2,1-2H3,(H2,16,17,18). The van der Waals surface area contributed by atoms with Gasteiger partial charge in [0.25, 0.3) is 0 Å². The number of hydrogen-bond donors (Lipinski definition) is 2. The molecule has 1 aromatic rings. The van der Waals surface area contributed by atoms with E-state index in [0.29, 0.717) is 18.1 Å². The Morgan fingerprint density at radius 3 is 2.71 bits per heavy atom. The van der Waals surface area contributed by atoms with E-state index in [1.54, 1.807) is 7.05 Å². The molecule has 0 saturated heterocycles. The summed E-state index contributed by atoms with van der Waals surface area (Å²) in [6.07, 6.45) is 8.98. The Kier molecular flexibility index (Phi) is 6.50. The maximum absolute atomic E-state index is 5.07. The van der Waals surface area contributed by atoms with E-state index in [1.807, 2.05) is 6.92 Å². The first-order valence-corrected chi connectivity index (χ1v) is 8.01. The molecule has 0 bridgehead atoms. The van der Waals surface area contributed by atoms with Crippen LogP contribution < -0.4 is 10.6 Å². The van der Waals surface area contributed by atoms with Crippen molar-refractivity contribution >= 4 is 5.96 Å². The molecule has 0 atom stereocenters. The highest BCUT2D eigenvalue weighted by Gasteiger charge is 2.13. The predicted molar refractivity (Wildman–Crippen MR) is 83.3 cm³/mol. The van der Waals surface area contributed by atoms with Crippen LogP contribution in [-0.2, 0) is 6.42 Å². The van der Waals surface area contributed by atoms with Gasteiger partial charge in [-0.05, 0) is 25.7 Å². The summed E-state index contributed by atoms with van der Waals surface area (Å²) in [5, 5.41) is 10.4. The van der Waals surface area contributed by atoms with Gasteiger partial charge < -0.3 is 15.2 Å². The number of guanidine groups is 1. The molecular formula is C15H27N5O. The SMILES string of the molecule is CN=C(NCCCC1CCCC1)NCCc1nc(C)no1. The molecule has 1 heterocycles. The Balaban J connectivity index is 1.55. The zero-order chi connectivity index (χ0) is 14.9. The van der Waals surface area contributed by atoms with E-state index in [1.165, 1.54) is 38.5 Å². The van der Waals surface area contributed by atoms with Crippen molar-refractivity contribution in [2.75, 3.05) is 20.1 Å². The highest BCUT2D eigenvalue weighted by molar-refractivity contribution is 5.79. The van der Waals surface area contributed by atoms with Crippen molar-refractivity contribution in [2.24, 2.45) is 10.9 Å². The highest BCUT2D eigenvalue weighted by atomic mass is 16.5. The summed E-state index contributed by atoms with van der Waals surface area (Å²) in [6.45, 7) is 3.55. The minimum atomic E-state index is 0.664. The minimum Gasteiger partial charge on any atom is -0.356 e. The molecule has 0 amide bonds. The average molecular weight is 293 g/mol. The molecule has 1 fully saturated rings. The van der Waals surface area contributed by atoms with Crippen LogP contribution in [0.2, 0.25) is 0 Å². The van der Waals surface area contributed by atoms with Crippen molar-refractivity contribution in [1.82, 2.24) is 20.8 Å². The summed E-state index contributed by atoms with van der Waals surface area (Å²) in [5.41, 5.74) is 0. The number of aliphatic imine (C=N–C) groups is 1. The van der Waals surface area contributed by atoms with E-state index >= 15 is 0 Å². The number of nitrogens with zero attached hydrogens (tertiary/aromatic N) is 3. The Bertz CT molecular complexity index is 437. The lowest BCUT2D eigenvalue weighted by Gasteiger charge is -2.12. The van der Waals surface area contributed by atoms with Crippen molar-refractivity contribution in [3.63, 3.8) is 0 Å². The summed E-state index contributed by atoms with van der Waals surface area (Å²) < 4.78 is 5.07. The van der Waals surface area contributed by atoms with Gasteiger partial charge in [-0.1, -0.05) is 30.8 Å². The molecule has 0 spiro atoms. The predicted octanol–water partition coefficient (Wildman–Crippen LogP) is 2.06. The lowest BCUT2D eigenvalue weighted by molar-refractivity contribution is 0.374. The van der Waals surface area contributed by atoms with Crippen LogP contribution in [0.25, 0.3) is 0 Å². The van der Waals surface area contributed by atoms with Crippen LogP contribution in [0.1, 0.15) is 50.2 Å². The molecule has 118 valence electrons. The van der Waals surface area contributed by atoms with Gasteiger partial charge in [-0.2, -0.15) is 4.98 Å². The van der Waals surface area contributed by atoms with Crippen molar-refractivity contribution < 1.29 is 4.52 Å². The van der Waals surface area contributed by atoms with Gasteiger partial charge in [0.1, 0.15) is 0 Å². The minimum absolute atomic E-state index is 0.664. The largest absolute Gasteiger partial charge is 0.356 e. The van der Waals surface area contributed by atoms with Gasteiger partial charge in [0.2, 0.25) is 5.89 Å². The molecule has 0 aliphatic heterocycles. The molecule has 1 saturated carbocycles. The average Bonchev–Trinajstić information content (AvgIpc) is 3.13. The first-order chi connectivity index (χ1) is 10.3. The molecule has 6 nitrogen and oxygen atoms in total. The van der Waals surface area contributed by atoms with Gasteiger partial charge >= 0.3 is 0 Å². The van der Waals surface area contributed by atoms with Crippen molar-refractivity contribution in [1.29, 1.82) is 0 Å². The van der Waals surface area contributed by atoms with E-state index in [4.69, 9.17) is 4.52 Å². The third-order valence-electron chi connectivity index (χ3n) is 3.98. The van der Waals surface area contributed by atoms with Crippen LogP contribution in [0.4, 0.5) is 0 Å². The molecule has 1 aliphatic carbocycles. The lowest BCUT2D eigenvalue weighted by Crippen LogP contribution is -2.38. The second kappa shape index (κ2) is 8.64. The molecule has 1 aliphatic rings. The van der Waals surface area contributed by atoms with Crippen LogP contribution in [0.5, 0.6) is 0 Å². The third kappa shape index (κ3) is 5.73. The Hall–Kier alpha value is -1.59. The van der Waals surface area contributed by atoms with E-state index in [9.17, 15) is 0 Å². The molecule has 21 heavy (non-hydrogen) atoms. The van der Waals surface area contributed by atoms with Crippen LogP contribution in [0.3, 0.4) is 0 Å². The molecular weight excluding hydrogens is 266 g/mol. The van der Waals surface area contributed by atoms with E-state index in [0.717, 1.165) is 25.0 Å². The fourth-order valence-corrected chi connectivity index (χ4v) is 2.85. The second-order valence-corrected chi connectivity index (χ2v) is 5.70. The summed E-state index contributed by atoms with van der Waals surface area (Å²) >= 11 is 0. The summed E-state index contributed by atoms with van der Waals surface area (Å²) in [6, 6.07) is 0. The molecule has 2 rings (SSSR count). The molecule has 6 heteroatoms. The second-order valence-electron chi connectivity index (χ2n) is 5.70. The van der Waals surface area contributed by atoms with Crippen LogP contribution in [-0.4, -0.2) is 36.2 Å². The topological polar surface area (TPSA) is 75.3 Å². The number of hydrogen-bond acceptors (Lipinski definition) is 4. The number of aryl methyl sites for hydroxylation is 1. The van der Waals surface area contributed by atoms with Gasteiger partial charge in [0, 0.05) is 26.6 Å². The van der Waals surface area contributed by atoms with Crippen molar-refractivity contribution in [3.05, 3.63) is 11.7 Å². The summed E-state index contributed by atoms with van der Waals surface area (Å²) in [7, 11) is 1.79. The molecule has 1 aromatic heterocycles. The van der Waals surface area contributed by atoms with Crippen LogP contribution in [0, 0.1) is 12.8 Å². The maximum atomic E-state index is 5.07. The Morgan fingerprint density at radius 1 is 1.29 bits per heavy atom.